The van der Waals surface area contributed by atoms with Gasteiger partial charge in [-0.15, -0.1) is 0 Å². The maximum atomic E-state index is 5.46. The van der Waals surface area contributed by atoms with E-state index in [4.69, 9.17) is 10.6 Å². The maximum absolute atomic E-state index is 5.46. The number of hydrogen-bond acceptors (Lipinski definition) is 4. The first kappa shape index (κ1) is 11.1. The third-order valence-corrected chi connectivity index (χ3v) is 2.55. The summed E-state index contributed by atoms with van der Waals surface area (Å²) in [5.74, 6) is 5.46. The first-order valence-electron chi connectivity index (χ1n) is 5.20. The Hall–Kier alpha value is -1.43. The van der Waals surface area contributed by atoms with Crippen LogP contribution in [0.1, 0.15) is 0 Å². The number of rotatable bonds is 5. The van der Waals surface area contributed by atoms with Crippen molar-refractivity contribution in [1.29, 1.82) is 0 Å². The molecule has 3 N–H and O–H groups in total. The summed E-state index contributed by atoms with van der Waals surface area (Å²) in [5, 5.41) is 0. The van der Waals surface area contributed by atoms with Crippen LogP contribution in [0.4, 0.5) is 0 Å². The predicted molar refractivity (Wildman–Crippen MR) is 62.7 cm³/mol. The van der Waals surface area contributed by atoms with E-state index in [2.05, 4.69) is 15.0 Å². The normalized spacial score (nSPS) is 13.1. The second-order valence-corrected chi connectivity index (χ2v) is 3.70. The molecule has 0 radical (unpaired) electrons. The summed E-state index contributed by atoms with van der Waals surface area (Å²) in [5.41, 5.74) is 4.84. The molecule has 0 spiro atoms. The highest BCUT2D eigenvalue weighted by Gasteiger charge is 2.09. The molecule has 0 aliphatic rings. The lowest BCUT2D eigenvalue weighted by atomic mass is 10.3. The van der Waals surface area contributed by atoms with Crippen LogP contribution in [-0.2, 0) is 11.3 Å². The van der Waals surface area contributed by atoms with Gasteiger partial charge in [0.25, 0.3) is 0 Å². The molecule has 0 aliphatic heterocycles. The monoisotopic (exact) mass is 220 g/mol. The Morgan fingerprint density at radius 2 is 2.31 bits per heavy atom. The van der Waals surface area contributed by atoms with Gasteiger partial charge in [0, 0.05) is 13.7 Å². The molecule has 86 valence electrons. The molecule has 1 aromatic heterocycles. The maximum Gasteiger partial charge on any atom is 0.0958 e. The summed E-state index contributed by atoms with van der Waals surface area (Å²) in [7, 11) is 1.66. The minimum atomic E-state index is 0.0857. The van der Waals surface area contributed by atoms with Crippen molar-refractivity contribution in [2.75, 3.05) is 13.7 Å². The Morgan fingerprint density at radius 1 is 1.50 bits per heavy atom. The predicted octanol–water partition coefficient (Wildman–Crippen LogP) is 0.515. The number of nitrogens with two attached hydrogens (primary N) is 1. The Labute approximate surface area is 94.2 Å². The number of imidazole rings is 1. The largest absolute Gasteiger partial charge is 0.383 e. The highest BCUT2D eigenvalue weighted by atomic mass is 16.5. The van der Waals surface area contributed by atoms with Crippen LogP contribution < -0.4 is 11.3 Å². The lowest BCUT2D eigenvalue weighted by Crippen LogP contribution is -2.41. The molecule has 0 bridgehead atoms. The molecule has 0 amide bonds. The summed E-state index contributed by atoms with van der Waals surface area (Å²) >= 11 is 0. The van der Waals surface area contributed by atoms with E-state index in [1.165, 1.54) is 0 Å². The molecule has 1 atom stereocenters. The Morgan fingerprint density at radius 3 is 3.06 bits per heavy atom. The van der Waals surface area contributed by atoms with Crippen molar-refractivity contribution in [2.45, 2.75) is 12.6 Å². The van der Waals surface area contributed by atoms with Crippen LogP contribution >= 0.6 is 0 Å². The number of fused-ring (bicyclic) bond motifs is 1. The second-order valence-electron chi connectivity index (χ2n) is 3.70. The van der Waals surface area contributed by atoms with Crippen LogP contribution in [0, 0.1) is 0 Å². The Balaban J connectivity index is 2.20. The molecule has 5 nitrogen and oxygen atoms in total. The summed E-state index contributed by atoms with van der Waals surface area (Å²) in [6.45, 7) is 1.31. The van der Waals surface area contributed by atoms with Crippen LogP contribution in [0.25, 0.3) is 11.0 Å². The molecule has 0 fully saturated rings. The molecule has 0 saturated carbocycles. The molecule has 1 heterocycles. The summed E-state index contributed by atoms with van der Waals surface area (Å²) < 4.78 is 7.15. The van der Waals surface area contributed by atoms with Crippen molar-refractivity contribution in [1.82, 2.24) is 15.0 Å². The van der Waals surface area contributed by atoms with E-state index in [0.29, 0.717) is 6.61 Å². The van der Waals surface area contributed by atoms with E-state index in [-0.39, 0.29) is 6.04 Å². The van der Waals surface area contributed by atoms with E-state index < -0.39 is 0 Å². The molecular weight excluding hydrogens is 204 g/mol. The smallest absolute Gasteiger partial charge is 0.0958 e. The number of nitrogens with one attached hydrogen (secondary N) is 1. The average Bonchev–Trinajstić information content (AvgIpc) is 2.72. The highest BCUT2D eigenvalue weighted by molar-refractivity contribution is 5.74. The number of hydrogen-bond donors (Lipinski definition) is 2. The number of benzene rings is 1. The average molecular weight is 220 g/mol. The lowest BCUT2D eigenvalue weighted by Gasteiger charge is -2.15. The van der Waals surface area contributed by atoms with Gasteiger partial charge in [0.05, 0.1) is 30.0 Å². The molecular formula is C11H16N4O. The number of ether oxygens (including phenoxy) is 1. The van der Waals surface area contributed by atoms with E-state index in [1.54, 1.807) is 7.11 Å². The first-order valence-corrected chi connectivity index (χ1v) is 5.20. The van der Waals surface area contributed by atoms with Crippen LogP contribution in [0.3, 0.4) is 0 Å². The van der Waals surface area contributed by atoms with Gasteiger partial charge in [0.2, 0.25) is 0 Å². The van der Waals surface area contributed by atoms with Crippen LogP contribution in [0.5, 0.6) is 0 Å². The van der Waals surface area contributed by atoms with E-state index in [9.17, 15) is 0 Å². The standard InChI is InChI=1S/C11H16N4O/c1-16-7-9(14-12)6-15-8-13-10-4-2-3-5-11(10)15/h2-5,8-9,14H,6-7,12H2,1H3. The summed E-state index contributed by atoms with van der Waals surface area (Å²) in [6.07, 6.45) is 1.82. The van der Waals surface area contributed by atoms with Crippen LogP contribution in [0.2, 0.25) is 0 Å². The number of hydrazine groups is 1. The lowest BCUT2D eigenvalue weighted by molar-refractivity contribution is 0.159. The third kappa shape index (κ3) is 2.21. The van der Waals surface area contributed by atoms with Crippen molar-refractivity contribution in [2.24, 2.45) is 5.84 Å². The molecule has 2 aromatic rings. The van der Waals surface area contributed by atoms with Crippen molar-refractivity contribution < 1.29 is 4.74 Å². The zero-order valence-corrected chi connectivity index (χ0v) is 9.26. The molecule has 1 unspecified atom stereocenters. The molecule has 2 rings (SSSR count). The van der Waals surface area contributed by atoms with Crippen LogP contribution in [0.15, 0.2) is 30.6 Å². The number of nitrogens with zero attached hydrogens (tertiary/aromatic N) is 2. The Bertz CT molecular complexity index is 454. The van der Waals surface area contributed by atoms with Gasteiger partial charge in [-0.3, -0.25) is 11.3 Å². The van der Waals surface area contributed by atoms with Gasteiger partial charge in [0.15, 0.2) is 0 Å². The van der Waals surface area contributed by atoms with E-state index in [1.807, 2.05) is 30.6 Å². The van der Waals surface area contributed by atoms with Crippen LogP contribution in [-0.4, -0.2) is 29.3 Å². The fourth-order valence-electron chi connectivity index (χ4n) is 1.75. The van der Waals surface area contributed by atoms with Gasteiger partial charge in [-0.1, -0.05) is 12.1 Å². The minimum absolute atomic E-state index is 0.0857. The molecule has 5 heteroatoms. The van der Waals surface area contributed by atoms with E-state index >= 15 is 0 Å². The van der Waals surface area contributed by atoms with Gasteiger partial charge in [-0.2, -0.15) is 0 Å². The minimum Gasteiger partial charge on any atom is -0.383 e. The van der Waals surface area contributed by atoms with Gasteiger partial charge in [0.1, 0.15) is 0 Å². The number of para-hydroxylation sites is 2. The van der Waals surface area contributed by atoms with Gasteiger partial charge in [-0.05, 0) is 12.1 Å². The van der Waals surface area contributed by atoms with Crippen molar-refractivity contribution in [3.05, 3.63) is 30.6 Å². The molecule has 1 aromatic carbocycles. The first-order chi connectivity index (χ1) is 7.85. The SMILES string of the molecule is COCC(Cn1cnc2ccccc21)NN. The number of methoxy groups -OCH3 is 1. The van der Waals surface area contributed by atoms with Crippen molar-refractivity contribution in [3.63, 3.8) is 0 Å². The fraction of sp³-hybridized carbons (Fsp3) is 0.364. The van der Waals surface area contributed by atoms with E-state index in [0.717, 1.165) is 17.6 Å². The highest BCUT2D eigenvalue weighted by Crippen LogP contribution is 2.12. The number of aromatic nitrogens is 2. The Kier molecular flexibility index (Phi) is 3.51. The quantitative estimate of drug-likeness (QED) is 0.569. The second kappa shape index (κ2) is 5.07. The van der Waals surface area contributed by atoms with Crippen molar-refractivity contribution in [3.8, 4) is 0 Å². The zero-order valence-electron chi connectivity index (χ0n) is 9.26. The van der Waals surface area contributed by atoms with Crippen molar-refractivity contribution >= 4 is 11.0 Å². The topological polar surface area (TPSA) is 65.1 Å². The fourth-order valence-corrected chi connectivity index (χ4v) is 1.75. The zero-order chi connectivity index (χ0) is 11.4. The molecule has 16 heavy (non-hydrogen) atoms. The molecule has 0 saturated heterocycles. The molecule has 0 aliphatic carbocycles. The van der Waals surface area contributed by atoms with Gasteiger partial charge >= 0.3 is 0 Å². The van der Waals surface area contributed by atoms with Gasteiger partial charge in [-0.25, -0.2) is 4.98 Å². The van der Waals surface area contributed by atoms with Gasteiger partial charge < -0.3 is 9.30 Å². The third-order valence-electron chi connectivity index (χ3n) is 2.55. The summed E-state index contributed by atoms with van der Waals surface area (Å²) in [4.78, 5) is 4.32. The summed E-state index contributed by atoms with van der Waals surface area (Å²) in [6, 6.07) is 8.10.